The lowest BCUT2D eigenvalue weighted by Crippen LogP contribution is -1.96. The molecule has 1 aromatic rings. The summed E-state index contributed by atoms with van der Waals surface area (Å²) in [4.78, 5) is 0. The van der Waals surface area contributed by atoms with E-state index < -0.39 is 0 Å². The second-order valence-corrected chi connectivity index (χ2v) is 4.84. The average molecular weight is 206 g/mol. The van der Waals surface area contributed by atoms with Crippen LogP contribution in [0.25, 0.3) is 0 Å². The third kappa shape index (κ3) is 4.82. The first-order valence-corrected chi connectivity index (χ1v) is 5.76. The van der Waals surface area contributed by atoms with Gasteiger partial charge in [-0.15, -0.1) is 0 Å². The van der Waals surface area contributed by atoms with Crippen molar-refractivity contribution >= 4 is 0 Å². The Hall–Kier alpha value is -1.05. The highest BCUT2D eigenvalue weighted by Gasteiger charge is 2.00. The summed E-state index contributed by atoms with van der Waals surface area (Å²) < 4.78 is 2.00. The molecule has 0 unspecified atom stereocenters. The summed E-state index contributed by atoms with van der Waals surface area (Å²) in [6.45, 7) is 9.72. The van der Waals surface area contributed by atoms with Crippen molar-refractivity contribution in [3.63, 3.8) is 0 Å². The van der Waals surface area contributed by atoms with Crippen molar-refractivity contribution in [2.24, 2.45) is 11.8 Å². The maximum Gasteiger partial charge on any atom is 0.0590 e. The highest BCUT2D eigenvalue weighted by atomic mass is 15.3. The first-order valence-electron chi connectivity index (χ1n) is 5.76. The molecule has 0 aliphatic carbocycles. The zero-order valence-corrected chi connectivity index (χ0v) is 10.3. The van der Waals surface area contributed by atoms with Crippen molar-refractivity contribution < 1.29 is 0 Å². The molecule has 1 aromatic heterocycles. The topological polar surface area (TPSA) is 17.8 Å². The van der Waals surface area contributed by atoms with Gasteiger partial charge in [0.1, 0.15) is 0 Å². The molecule has 15 heavy (non-hydrogen) atoms. The van der Waals surface area contributed by atoms with Crippen molar-refractivity contribution in [2.45, 2.75) is 40.7 Å². The molecule has 2 heteroatoms. The second kappa shape index (κ2) is 5.74. The quantitative estimate of drug-likeness (QED) is 0.676. The molecular formula is C13H22N2. The Bertz CT molecular complexity index is 308. The number of hydrogen-bond donors (Lipinski definition) is 0. The van der Waals surface area contributed by atoms with Crippen LogP contribution in [0.4, 0.5) is 0 Å². The molecule has 0 fully saturated rings. The molecule has 0 saturated heterocycles. The van der Waals surface area contributed by atoms with Crippen LogP contribution in [0.15, 0.2) is 24.5 Å². The van der Waals surface area contributed by atoms with Crippen molar-refractivity contribution in [3.8, 4) is 0 Å². The van der Waals surface area contributed by atoms with Gasteiger partial charge in [-0.25, -0.2) is 0 Å². The van der Waals surface area contributed by atoms with Crippen molar-refractivity contribution in [3.05, 3.63) is 30.1 Å². The van der Waals surface area contributed by atoms with E-state index in [1.165, 1.54) is 5.56 Å². The van der Waals surface area contributed by atoms with Crippen LogP contribution in [0.3, 0.4) is 0 Å². The van der Waals surface area contributed by atoms with Gasteiger partial charge in [-0.05, 0) is 23.8 Å². The maximum atomic E-state index is 4.33. The minimum atomic E-state index is 0.621. The van der Waals surface area contributed by atoms with Crippen molar-refractivity contribution in [1.82, 2.24) is 9.78 Å². The zero-order valence-electron chi connectivity index (χ0n) is 10.3. The predicted molar refractivity (Wildman–Crippen MR) is 64.7 cm³/mol. The third-order valence-corrected chi connectivity index (χ3v) is 2.14. The van der Waals surface area contributed by atoms with Crippen LogP contribution in [0.1, 0.15) is 33.3 Å². The Morgan fingerprint density at radius 3 is 2.67 bits per heavy atom. The molecule has 0 aliphatic rings. The normalized spacial score (nSPS) is 12.1. The van der Waals surface area contributed by atoms with Gasteiger partial charge < -0.3 is 0 Å². The summed E-state index contributed by atoms with van der Waals surface area (Å²) >= 11 is 0. The zero-order chi connectivity index (χ0) is 11.3. The third-order valence-electron chi connectivity index (χ3n) is 2.14. The van der Waals surface area contributed by atoms with Crippen LogP contribution in [-0.4, -0.2) is 9.78 Å². The first kappa shape index (κ1) is 12.0. The molecule has 0 N–H and O–H groups in total. The van der Waals surface area contributed by atoms with Gasteiger partial charge in [0.15, 0.2) is 0 Å². The number of hydrogen-bond acceptors (Lipinski definition) is 1. The van der Waals surface area contributed by atoms with Gasteiger partial charge in [0.2, 0.25) is 0 Å². The molecule has 0 radical (unpaired) electrons. The smallest absolute Gasteiger partial charge is 0.0590 e. The monoisotopic (exact) mass is 206 g/mol. The molecular weight excluding hydrogens is 184 g/mol. The number of allylic oxidation sites excluding steroid dienone is 2. The average Bonchev–Trinajstić information content (AvgIpc) is 2.50. The predicted octanol–water partition coefficient (Wildman–Crippen LogP) is 3.29. The van der Waals surface area contributed by atoms with Gasteiger partial charge in [-0.2, -0.15) is 5.10 Å². The van der Waals surface area contributed by atoms with Gasteiger partial charge in [-0.1, -0.05) is 39.8 Å². The minimum absolute atomic E-state index is 0.621. The van der Waals surface area contributed by atoms with E-state index in [4.69, 9.17) is 0 Å². The lowest BCUT2D eigenvalue weighted by Gasteiger charge is -1.99. The number of rotatable bonds is 5. The molecule has 0 spiro atoms. The molecule has 1 rings (SSSR count). The Morgan fingerprint density at radius 1 is 1.33 bits per heavy atom. The second-order valence-electron chi connectivity index (χ2n) is 4.84. The molecule has 0 aromatic carbocycles. The molecule has 1 heterocycles. The van der Waals surface area contributed by atoms with Crippen LogP contribution in [0, 0.1) is 11.8 Å². The van der Waals surface area contributed by atoms with E-state index in [9.17, 15) is 0 Å². The van der Waals surface area contributed by atoms with Crippen LogP contribution < -0.4 is 0 Å². The van der Waals surface area contributed by atoms with E-state index in [2.05, 4.69) is 51.1 Å². The van der Waals surface area contributed by atoms with E-state index in [0.29, 0.717) is 11.8 Å². The van der Waals surface area contributed by atoms with Gasteiger partial charge in [0.05, 0.1) is 12.7 Å². The van der Waals surface area contributed by atoms with E-state index in [1.54, 1.807) is 0 Å². The molecule has 0 saturated carbocycles. The Balaban J connectivity index is 2.46. The van der Waals surface area contributed by atoms with Gasteiger partial charge in [-0.3, -0.25) is 4.68 Å². The van der Waals surface area contributed by atoms with Gasteiger partial charge in [0, 0.05) is 6.20 Å². The lowest BCUT2D eigenvalue weighted by atomic mass is 10.1. The van der Waals surface area contributed by atoms with E-state index in [0.717, 1.165) is 13.0 Å². The number of aromatic nitrogens is 2. The summed E-state index contributed by atoms with van der Waals surface area (Å²) in [5, 5.41) is 4.33. The molecule has 0 atom stereocenters. The SMILES string of the molecule is CC(C)/C=C/Cn1cc(CC(C)C)cn1. The summed E-state index contributed by atoms with van der Waals surface area (Å²) in [7, 11) is 0. The van der Waals surface area contributed by atoms with E-state index >= 15 is 0 Å². The fourth-order valence-electron chi connectivity index (χ4n) is 1.52. The maximum absolute atomic E-state index is 4.33. The van der Waals surface area contributed by atoms with Crippen molar-refractivity contribution in [2.75, 3.05) is 0 Å². The lowest BCUT2D eigenvalue weighted by molar-refractivity contribution is 0.645. The van der Waals surface area contributed by atoms with Crippen LogP contribution in [0.2, 0.25) is 0 Å². The fourth-order valence-corrected chi connectivity index (χ4v) is 1.52. The first-order chi connectivity index (χ1) is 7.08. The Labute approximate surface area is 93.0 Å². The largest absolute Gasteiger partial charge is 0.269 e. The van der Waals surface area contributed by atoms with Crippen LogP contribution in [0.5, 0.6) is 0 Å². The highest BCUT2D eigenvalue weighted by molar-refractivity contribution is 5.05. The molecule has 0 aliphatic heterocycles. The summed E-state index contributed by atoms with van der Waals surface area (Å²) in [6.07, 6.45) is 9.63. The van der Waals surface area contributed by atoms with Crippen molar-refractivity contribution in [1.29, 1.82) is 0 Å². The van der Waals surface area contributed by atoms with Gasteiger partial charge in [0.25, 0.3) is 0 Å². The summed E-state index contributed by atoms with van der Waals surface area (Å²) in [5.41, 5.74) is 1.34. The summed E-state index contributed by atoms with van der Waals surface area (Å²) in [5.74, 6) is 1.32. The fraction of sp³-hybridized carbons (Fsp3) is 0.615. The highest BCUT2D eigenvalue weighted by Crippen LogP contribution is 2.06. The van der Waals surface area contributed by atoms with Crippen LogP contribution in [-0.2, 0) is 13.0 Å². The Morgan fingerprint density at radius 2 is 2.07 bits per heavy atom. The van der Waals surface area contributed by atoms with E-state index in [1.807, 2.05) is 10.9 Å². The van der Waals surface area contributed by atoms with Crippen LogP contribution >= 0.6 is 0 Å². The standard InChI is InChI=1S/C13H22N2/c1-11(2)6-5-7-15-10-13(9-14-15)8-12(3)4/h5-6,9-12H,7-8H2,1-4H3/b6-5+. The molecule has 0 bridgehead atoms. The summed E-state index contributed by atoms with van der Waals surface area (Å²) in [6, 6.07) is 0. The molecule has 84 valence electrons. The van der Waals surface area contributed by atoms with Gasteiger partial charge >= 0.3 is 0 Å². The van der Waals surface area contributed by atoms with E-state index in [-0.39, 0.29) is 0 Å². The molecule has 0 amide bonds. The Kier molecular flexibility index (Phi) is 4.60. The minimum Gasteiger partial charge on any atom is -0.269 e. The molecule has 2 nitrogen and oxygen atoms in total. The number of nitrogens with zero attached hydrogens (tertiary/aromatic N) is 2.